The Bertz CT molecular complexity index is 292. The van der Waals surface area contributed by atoms with E-state index in [1.807, 2.05) is 0 Å². The second kappa shape index (κ2) is 11.6. The average Bonchev–Trinajstić information content (AvgIpc) is 2.25. The first-order valence-corrected chi connectivity index (χ1v) is 5.82. The lowest BCUT2D eigenvalue weighted by atomic mass is 10.2. The zero-order valence-electron chi connectivity index (χ0n) is 10.1. The van der Waals surface area contributed by atoms with E-state index in [4.69, 9.17) is 27.9 Å². The lowest BCUT2D eigenvalue weighted by molar-refractivity contribution is -0.124. The zero-order chi connectivity index (χ0) is 13.8. The van der Waals surface area contributed by atoms with E-state index >= 15 is 0 Å². The second-order valence-electron chi connectivity index (χ2n) is 3.11. The van der Waals surface area contributed by atoms with Crippen molar-refractivity contribution in [2.75, 3.05) is 18.9 Å². The van der Waals surface area contributed by atoms with Gasteiger partial charge in [0.1, 0.15) is 11.5 Å². The standard InChI is InChI=1S/C6H9ClO2.C5H7ClO2/c1-5(8)3-6(4-7)9-2;1-4(7)2-5(8)3-6/h3H,4H2,1-2H3;2-3H2,1H3/b6-3+;. The minimum absolute atomic E-state index is 0.0243. The van der Waals surface area contributed by atoms with E-state index < -0.39 is 0 Å². The summed E-state index contributed by atoms with van der Waals surface area (Å²) in [6.45, 7) is 2.82. The number of methoxy groups -OCH3 is 1. The number of ketones is 3. The highest BCUT2D eigenvalue weighted by atomic mass is 35.5. The highest BCUT2D eigenvalue weighted by molar-refractivity contribution is 6.29. The van der Waals surface area contributed by atoms with Gasteiger partial charge in [-0.1, -0.05) is 0 Å². The lowest BCUT2D eigenvalue weighted by Crippen LogP contribution is -2.04. The van der Waals surface area contributed by atoms with Crippen LogP contribution in [0.1, 0.15) is 20.3 Å². The molecule has 17 heavy (non-hydrogen) atoms. The van der Waals surface area contributed by atoms with E-state index in [-0.39, 0.29) is 35.5 Å². The Morgan fingerprint density at radius 3 is 1.76 bits per heavy atom. The molecule has 0 N–H and O–H groups in total. The molecule has 6 heteroatoms. The number of hydrogen-bond acceptors (Lipinski definition) is 4. The molecule has 0 heterocycles. The van der Waals surface area contributed by atoms with Gasteiger partial charge in [-0.2, -0.15) is 0 Å². The Labute approximate surface area is 111 Å². The Morgan fingerprint density at radius 2 is 1.65 bits per heavy atom. The molecule has 0 rings (SSSR count). The van der Waals surface area contributed by atoms with Crippen LogP contribution < -0.4 is 0 Å². The number of allylic oxidation sites excluding steroid dienone is 2. The van der Waals surface area contributed by atoms with Crippen LogP contribution in [0.25, 0.3) is 0 Å². The number of rotatable bonds is 6. The number of hydrogen-bond donors (Lipinski definition) is 0. The van der Waals surface area contributed by atoms with Crippen molar-refractivity contribution < 1.29 is 19.1 Å². The average molecular weight is 283 g/mol. The summed E-state index contributed by atoms with van der Waals surface area (Å²) in [5.74, 6) is 0.307. The Morgan fingerprint density at radius 1 is 1.12 bits per heavy atom. The summed E-state index contributed by atoms with van der Waals surface area (Å²) >= 11 is 10.5. The summed E-state index contributed by atoms with van der Waals surface area (Å²) in [6.07, 6.45) is 1.34. The molecule has 0 aromatic carbocycles. The van der Waals surface area contributed by atoms with Gasteiger partial charge in [0.05, 0.1) is 25.3 Å². The molecule has 0 aliphatic heterocycles. The fraction of sp³-hybridized carbons (Fsp3) is 0.545. The van der Waals surface area contributed by atoms with E-state index in [9.17, 15) is 14.4 Å². The molecule has 0 aliphatic rings. The number of halogens is 2. The molecular weight excluding hydrogens is 267 g/mol. The van der Waals surface area contributed by atoms with Crippen molar-refractivity contribution in [2.24, 2.45) is 0 Å². The molecule has 0 radical (unpaired) electrons. The first-order chi connectivity index (χ1) is 7.87. The van der Waals surface area contributed by atoms with Crippen LogP contribution in [-0.2, 0) is 19.1 Å². The minimum atomic E-state index is -0.209. The number of alkyl halides is 2. The molecule has 0 amide bonds. The van der Waals surface area contributed by atoms with Gasteiger partial charge in [0.25, 0.3) is 0 Å². The SMILES string of the molecule is CC(=O)CC(=O)CCl.CO/C(=C/C(C)=O)CCl. The van der Waals surface area contributed by atoms with Crippen LogP contribution in [-0.4, -0.2) is 36.2 Å². The van der Waals surface area contributed by atoms with Crippen molar-refractivity contribution in [1.82, 2.24) is 0 Å². The molecule has 0 saturated heterocycles. The fourth-order valence-corrected chi connectivity index (χ4v) is 0.984. The summed E-state index contributed by atoms with van der Waals surface area (Å²) in [5, 5.41) is 0. The van der Waals surface area contributed by atoms with Crippen molar-refractivity contribution in [3.05, 3.63) is 11.8 Å². The van der Waals surface area contributed by atoms with E-state index in [0.29, 0.717) is 5.76 Å². The molecule has 0 saturated carbocycles. The van der Waals surface area contributed by atoms with Gasteiger partial charge in [-0.05, 0) is 13.8 Å². The number of carbonyl (C=O) groups is 3. The predicted octanol–water partition coefficient (Wildman–Crippen LogP) is 2.12. The molecule has 0 unspecified atom stereocenters. The highest BCUT2D eigenvalue weighted by Crippen LogP contribution is 1.97. The second-order valence-corrected chi connectivity index (χ2v) is 3.64. The quantitative estimate of drug-likeness (QED) is 0.324. The van der Waals surface area contributed by atoms with Gasteiger partial charge in [0.15, 0.2) is 11.6 Å². The number of carbonyl (C=O) groups excluding carboxylic acids is 3. The van der Waals surface area contributed by atoms with Crippen LogP contribution >= 0.6 is 23.2 Å². The van der Waals surface area contributed by atoms with Gasteiger partial charge in [-0.15, -0.1) is 23.2 Å². The first-order valence-electron chi connectivity index (χ1n) is 4.75. The third-order valence-corrected chi connectivity index (χ3v) is 1.91. The van der Waals surface area contributed by atoms with Gasteiger partial charge in [-0.25, -0.2) is 0 Å². The molecule has 0 atom stereocenters. The van der Waals surface area contributed by atoms with Crippen molar-refractivity contribution in [1.29, 1.82) is 0 Å². The number of ether oxygens (including phenoxy) is 1. The third kappa shape index (κ3) is 15.1. The Hall–Kier alpha value is -0.870. The maximum absolute atomic E-state index is 10.4. The van der Waals surface area contributed by atoms with Crippen molar-refractivity contribution in [2.45, 2.75) is 20.3 Å². The van der Waals surface area contributed by atoms with Gasteiger partial charge in [-0.3, -0.25) is 14.4 Å². The van der Waals surface area contributed by atoms with Crippen LogP contribution in [0, 0.1) is 0 Å². The van der Waals surface area contributed by atoms with Crippen molar-refractivity contribution in [3.8, 4) is 0 Å². The first kappa shape index (κ1) is 18.5. The molecule has 0 aromatic rings. The predicted molar refractivity (Wildman–Crippen MR) is 67.5 cm³/mol. The van der Waals surface area contributed by atoms with Gasteiger partial charge in [0.2, 0.25) is 0 Å². The largest absolute Gasteiger partial charge is 0.500 e. The fourth-order valence-electron chi connectivity index (χ4n) is 0.704. The molecule has 0 aromatic heterocycles. The molecular formula is C11H16Cl2O4. The zero-order valence-corrected chi connectivity index (χ0v) is 11.6. The Kier molecular flexibility index (Phi) is 12.6. The van der Waals surface area contributed by atoms with Crippen LogP contribution in [0.2, 0.25) is 0 Å². The Balaban J connectivity index is 0. The lowest BCUT2D eigenvalue weighted by Gasteiger charge is -1.97. The van der Waals surface area contributed by atoms with E-state index in [1.165, 1.54) is 27.0 Å². The van der Waals surface area contributed by atoms with E-state index in [1.54, 1.807) is 0 Å². The summed E-state index contributed by atoms with van der Waals surface area (Å²) in [5.41, 5.74) is 0. The summed E-state index contributed by atoms with van der Waals surface area (Å²) < 4.78 is 4.72. The van der Waals surface area contributed by atoms with Crippen molar-refractivity contribution >= 4 is 40.6 Å². The number of Topliss-reactive ketones (excluding diaryl/α,β-unsaturated/α-hetero) is 2. The van der Waals surface area contributed by atoms with Crippen LogP contribution in [0.4, 0.5) is 0 Å². The molecule has 0 fully saturated rings. The maximum Gasteiger partial charge on any atom is 0.155 e. The van der Waals surface area contributed by atoms with Gasteiger partial charge in [0, 0.05) is 6.08 Å². The minimum Gasteiger partial charge on any atom is -0.500 e. The maximum atomic E-state index is 10.4. The van der Waals surface area contributed by atoms with Gasteiger partial charge >= 0.3 is 0 Å². The van der Waals surface area contributed by atoms with Crippen LogP contribution in [0.3, 0.4) is 0 Å². The summed E-state index contributed by atoms with van der Waals surface area (Å²) in [7, 11) is 1.48. The topological polar surface area (TPSA) is 60.4 Å². The van der Waals surface area contributed by atoms with Crippen LogP contribution in [0.15, 0.2) is 11.8 Å². The summed E-state index contributed by atoms with van der Waals surface area (Å²) in [6, 6.07) is 0. The molecule has 0 aliphatic carbocycles. The highest BCUT2D eigenvalue weighted by Gasteiger charge is 2.01. The van der Waals surface area contributed by atoms with Crippen molar-refractivity contribution in [3.63, 3.8) is 0 Å². The van der Waals surface area contributed by atoms with Gasteiger partial charge < -0.3 is 4.74 Å². The van der Waals surface area contributed by atoms with Crippen LogP contribution in [0.5, 0.6) is 0 Å². The molecule has 98 valence electrons. The summed E-state index contributed by atoms with van der Waals surface area (Å²) in [4.78, 5) is 30.8. The normalized spacial score (nSPS) is 10.1. The van der Waals surface area contributed by atoms with E-state index in [2.05, 4.69) is 0 Å². The smallest absolute Gasteiger partial charge is 0.155 e. The molecule has 0 spiro atoms. The molecule has 4 nitrogen and oxygen atoms in total. The third-order valence-electron chi connectivity index (χ3n) is 1.35. The molecule has 0 bridgehead atoms. The van der Waals surface area contributed by atoms with E-state index in [0.717, 1.165) is 0 Å². The monoisotopic (exact) mass is 282 g/mol.